The van der Waals surface area contributed by atoms with Crippen LogP contribution in [-0.2, 0) is 6.42 Å². The van der Waals surface area contributed by atoms with Crippen LogP contribution < -0.4 is 5.32 Å². The first-order valence-electron chi connectivity index (χ1n) is 6.30. The molecule has 100 valence electrons. The molecule has 1 aliphatic heterocycles. The Labute approximate surface area is 115 Å². The van der Waals surface area contributed by atoms with Gasteiger partial charge in [0, 0.05) is 24.7 Å². The predicted molar refractivity (Wildman–Crippen MR) is 76.4 cm³/mol. The van der Waals surface area contributed by atoms with Crippen LogP contribution in [0.5, 0.6) is 0 Å². The minimum Gasteiger partial charge on any atom is -0.337 e. The third-order valence-corrected chi connectivity index (χ3v) is 3.49. The van der Waals surface area contributed by atoms with Gasteiger partial charge >= 0.3 is 0 Å². The van der Waals surface area contributed by atoms with Gasteiger partial charge in [0.05, 0.1) is 0 Å². The van der Waals surface area contributed by atoms with Gasteiger partial charge in [-0.15, -0.1) is 12.4 Å². The number of aryl methyl sites for hydroxylation is 1. The molecule has 18 heavy (non-hydrogen) atoms. The standard InChI is InChI=1S/C14H20N2O.ClH/c1-3-11-4-6-12(7-5-11)14(17)16-9-8-13(10-16)15-2;/h4-7,13,15H,3,8-10H2,1-2H3;1H. The Kier molecular flexibility index (Phi) is 5.63. The maximum absolute atomic E-state index is 12.2. The number of nitrogens with one attached hydrogen (secondary N) is 1. The Morgan fingerprint density at radius 3 is 2.56 bits per heavy atom. The van der Waals surface area contributed by atoms with E-state index in [1.807, 2.05) is 36.2 Å². The number of likely N-dealkylation sites (tertiary alicyclic amines) is 1. The molecular formula is C14H21ClN2O. The molecule has 1 heterocycles. The first-order valence-corrected chi connectivity index (χ1v) is 6.30. The average molecular weight is 269 g/mol. The van der Waals surface area contributed by atoms with Crippen LogP contribution in [0.1, 0.15) is 29.3 Å². The zero-order valence-corrected chi connectivity index (χ0v) is 11.8. The third kappa shape index (κ3) is 3.24. The smallest absolute Gasteiger partial charge is 0.253 e. The minimum atomic E-state index is 0. The molecule has 1 aliphatic rings. The van der Waals surface area contributed by atoms with Gasteiger partial charge in [0.25, 0.3) is 5.91 Å². The Morgan fingerprint density at radius 1 is 1.39 bits per heavy atom. The van der Waals surface area contributed by atoms with Crippen molar-refractivity contribution in [2.24, 2.45) is 0 Å². The second kappa shape index (κ2) is 6.76. The molecule has 1 fully saturated rings. The molecule has 0 aliphatic carbocycles. The lowest BCUT2D eigenvalue weighted by atomic mass is 10.1. The van der Waals surface area contributed by atoms with Crippen molar-refractivity contribution in [2.45, 2.75) is 25.8 Å². The highest BCUT2D eigenvalue weighted by Crippen LogP contribution is 2.14. The van der Waals surface area contributed by atoms with Crippen LogP contribution in [0, 0.1) is 0 Å². The average Bonchev–Trinajstić information content (AvgIpc) is 2.87. The molecule has 1 aromatic rings. The van der Waals surface area contributed by atoms with Crippen LogP contribution >= 0.6 is 12.4 Å². The number of halogens is 1. The lowest BCUT2D eigenvalue weighted by Crippen LogP contribution is -2.33. The number of carbonyl (C=O) groups is 1. The molecule has 0 radical (unpaired) electrons. The SMILES string of the molecule is CCc1ccc(C(=O)N2CCC(NC)C2)cc1.Cl. The summed E-state index contributed by atoms with van der Waals surface area (Å²) in [5.74, 6) is 0.158. The maximum atomic E-state index is 12.2. The normalized spacial score (nSPS) is 18.6. The lowest BCUT2D eigenvalue weighted by molar-refractivity contribution is 0.0789. The first kappa shape index (κ1) is 15.0. The van der Waals surface area contributed by atoms with Gasteiger partial charge in [-0.1, -0.05) is 19.1 Å². The van der Waals surface area contributed by atoms with E-state index in [-0.39, 0.29) is 18.3 Å². The van der Waals surface area contributed by atoms with Gasteiger partial charge in [-0.05, 0) is 37.6 Å². The van der Waals surface area contributed by atoms with Crippen LogP contribution in [0.15, 0.2) is 24.3 Å². The zero-order valence-electron chi connectivity index (χ0n) is 11.0. The van der Waals surface area contributed by atoms with E-state index in [1.54, 1.807) is 0 Å². The van der Waals surface area contributed by atoms with Crippen LogP contribution in [-0.4, -0.2) is 37.0 Å². The fourth-order valence-corrected chi connectivity index (χ4v) is 2.25. The highest BCUT2D eigenvalue weighted by Gasteiger charge is 2.25. The molecule has 3 nitrogen and oxygen atoms in total. The van der Waals surface area contributed by atoms with E-state index < -0.39 is 0 Å². The zero-order chi connectivity index (χ0) is 12.3. The molecule has 0 aromatic heterocycles. The van der Waals surface area contributed by atoms with Crippen molar-refractivity contribution >= 4 is 18.3 Å². The topological polar surface area (TPSA) is 32.3 Å². The van der Waals surface area contributed by atoms with Crippen LogP contribution in [0.2, 0.25) is 0 Å². The molecule has 0 bridgehead atoms. The minimum absolute atomic E-state index is 0. The van der Waals surface area contributed by atoms with Gasteiger partial charge in [-0.3, -0.25) is 4.79 Å². The van der Waals surface area contributed by atoms with Gasteiger partial charge in [0.15, 0.2) is 0 Å². The van der Waals surface area contributed by atoms with E-state index in [0.29, 0.717) is 6.04 Å². The molecule has 2 rings (SSSR count). The van der Waals surface area contributed by atoms with Crippen molar-refractivity contribution < 1.29 is 4.79 Å². The number of likely N-dealkylation sites (N-methyl/N-ethyl adjacent to an activating group) is 1. The molecule has 1 atom stereocenters. The molecule has 1 aromatic carbocycles. The summed E-state index contributed by atoms with van der Waals surface area (Å²) in [4.78, 5) is 14.1. The van der Waals surface area contributed by atoms with Crippen LogP contribution in [0.4, 0.5) is 0 Å². The molecule has 1 amide bonds. The lowest BCUT2D eigenvalue weighted by Gasteiger charge is -2.16. The van der Waals surface area contributed by atoms with E-state index in [9.17, 15) is 4.79 Å². The molecule has 1 saturated heterocycles. The summed E-state index contributed by atoms with van der Waals surface area (Å²) in [5.41, 5.74) is 2.08. The molecule has 0 saturated carbocycles. The van der Waals surface area contributed by atoms with E-state index in [4.69, 9.17) is 0 Å². The molecule has 1 N–H and O–H groups in total. The summed E-state index contributed by atoms with van der Waals surface area (Å²) in [6.45, 7) is 3.81. The molecule has 0 spiro atoms. The van der Waals surface area contributed by atoms with E-state index in [2.05, 4.69) is 12.2 Å². The first-order chi connectivity index (χ1) is 8.24. The number of hydrogen-bond acceptors (Lipinski definition) is 2. The summed E-state index contributed by atoms with van der Waals surface area (Å²) in [6.07, 6.45) is 2.06. The molecular weight excluding hydrogens is 248 g/mol. The quantitative estimate of drug-likeness (QED) is 0.911. The predicted octanol–water partition coefficient (Wildman–Crippen LogP) is 2.10. The highest BCUT2D eigenvalue weighted by atomic mass is 35.5. The molecule has 4 heteroatoms. The van der Waals surface area contributed by atoms with Crippen molar-refractivity contribution in [2.75, 3.05) is 20.1 Å². The van der Waals surface area contributed by atoms with Crippen molar-refractivity contribution in [1.29, 1.82) is 0 Å². The summed E-state index contributed by atoms with van der Waals surface area (Å²) in [5, 5.41) is 3.22. The Morgan fingerprint density at radius 2 is 2.06 bits per heavy atom. The third-order valence-electron chi connectivity index (χ3n) is 3.49. The second-order valence-corrected chi connectivity index (χ2v) is 4.58. The summed E-state index contributed by atoms with van der Waals surface area (Å²) in [7, 11) is 1.95. The summed E-state index contributed by atoms with van der Waals surface area (Å²) in [6, 6.07) is 8.41. The maximum Gasteiger partial charge on any atom is 0.253 e. The van der Waals surface area contributed by atoms with Gasteiger partial charge in [-0.2, -0.15) is 0 Å². The fraction of sp³-hybridized carbons (Fsp3) is 0.500. The second-order valence-electron chi connectivity index (χ2n) is 4.58. The summed E-state index contributed by atoms with van der Waals surface area (Å²) >= 11 is 0. The number of benzene rings is 1. The van der Waals surface area contributed by atoms with E-state index in [1.165, 1.54) is 5.56 Å². The number of hydrogen-bond donors (Lipinski definition) is 1. The Bertz CT molecular complexity index is 391. The van der Waals surface area contributed by atoms with Crippen molar-refractivity contribution in [3.05, 3.63) is 35.4 Å². The van der Waals surface area contributed by atoms with Gasteiger partial charge in [0.2, 0.25) is 0 Å². The van der Waals surface area contributed by atoms with E-state index >= 15 is 0 Å². The monoisotopic (exact) mass is 268 g/mol. The van der Waals surface area contributed by atoms with Crippen molar-refractivity contribution in [3.8, 4) is 0 Å². The number of amides is 1. The summed E-state index contributed by atoms with van der Waals surface area (Å²) < 4.78 is 0. The van der Waals surface area contributed by atoms with Crippen molar-refractivity contribution in [3.63, 3.8) is 0 Å². The fourth-order valence-electron chi connectivity index (χ4n) is 2.25. The molecule has 1 unspecified atom stereocenters. The van der Waals surface area contributed by atoms with E-state index in [0.717, 1.165) is 31.5 Å². The van der Waals surface area contributed by atoms with Crippen LogP contribution in [0.3, 0.4) is 0 Å². The number of rotatable bonds is 3. The largest absolute Gasteiger partial charge is 0.337 e. The van der Waals surface area contributed by atoms with Gasteiger partial charge in [0.1, 0.15) is 0 Å². The van der Waals surface area contributed by atoms with Gasteiger partial charge < -0.3 is 10.2 Å². The Balaban J connectivity index is 0.00000162. The van der Waals surface area contributed by atoms with Gasteiger partial charge in [-0.25, -0.2) is 0 Å². The van der Waals surface area contributed by atoms with Crippen molar-refractivity contribution in [1.82, 2.24) is 10.2 Å². The number of nitrogens with zero attached hydrogens (tertiary/aromatic N) is 1. The van der Waals surface area contributed by atoms with Crippen LogP contribution in [0.25, 0.3) is 0 Å². The number of carbonyl (C=O) groups excluding carboxylic acids is 1. The highest BCUT2D eigenvalue weighted by molar-refractivity contribution is 5.94. The Hall–Kier alpha value is -1.06.